The number of aliphatic hydroxyl groups excluding tert-OH is 1. The molecule has 1 saturated carbocycles. The summed E-state index contributed by atoms with van der Waals surface area (Å²) in [4.78, 5) is 0. The van der Waals surface area contributed by atoms with Crippen LogP contribution in [0.3, 0.4) is 0 Å². The summed E-state index contributed by atoms with van der Waals surface area (Å²) >= 11 is 3.18. The number of nitrogens with two attached hydrogens (primary N) is 1. The van der Waals surface area contributed by atoms with E-state index >= 15 is 0 Å². The minimum Gasteiger partial charge on any atom is -0.388 e. The summed E-state index contributed by atoms with van der Waals surface area (Å²) in [7, 11) is 0. The molecule has 2 rings (SSSR count). The van der Waals surface area contributed by atoms with Crippen LogP contribution in [0.15, 0.2) is 22.7 Å². The molecule has 0 radical (unpaired) electrons. The highest BCUT2D eigenvalue weighted by Gasteiger charge is 2.43. The van der Waals surface area contributed by atoms with E-state index in [-0.39, 0.29) is 11.2 Å². The third kappa shape index (κ3) is 3.07. The molecule has 0 heterocycles. The lowest BCUT2D eigenvalue weighted by Gasteiger charge is -2.45. The number of hydrogen-bond acceptors (Lipinski definition) is 2. The summed E-state index contributed by atoms with van der Waals surface area (Å²) in [6, 6.07) is 4.71. The molecule has 4 heteroatoms. The van der Waals surface area contributed by atoms with Crippen molar-refractivity contribution in [2.24, 2.45) is 16.6 Å². The fourth-order valence-electron chi connectivity index (χ4n) is 3.05. The van der Waals surface area contributed by atoms with Crippen LogP contribution in [0, 0.1) is 16.6 Å². The monoisotopic (exact) mass is 343 g/mol. The Balaban J connectivity index is 2.25. The largest absolute Gasteiger partial charge is 0.388 e. The van der Waals surface area contributed by atoms with Crippen LogP contribution in [0.25, 0.3) is 0 Å². The lowest BCUT2D eigenvalue weighted by molar-refractivity contribution is -0.0236. The van der Waals surface area contributed by atoms with Gasteiger partial charge in [-0.15, -0.1) is 0 Å². The van der Waals surface area contributed by atoms with Gasteiger partial charge in [-0.05, 0) is 64.7 Å². The Morgan fingerprint density at radius 2 is 1.90 bits per heavy atom. The molecule has 0 aromatic heterocycles. The second-order valence-corrected chi connectivity index (χ2v) is 7.66. The lowest BCUT2D eigenvalue weighted by atomic mass is 9.62. The number of benzene rings is 1. The average molecular weight is 344 g/mol. The van der Waals surface area contributed by atoms with E-state index in [1.807, 2.05) is 0 Å². The second kappa shape index (κ2) is 5.74. The predicted molar refractivity (Wildman–Crippen MR) is 82.8 cm³/mol. The van der Waals surface area contributed by atoms with Crippen LogP contribution in [0.4, 0.5) is 4.39 Å². The Kier molecular flexibility index (Phi) is 4.57. The second-order valence-electron chi connectivity index (χ2n) is 6.81. The van der Waals surface area contributed by atoms with E-state index in [0.717, 1.165) is 31.2 Å². The van der Waals surface area contributed by atoms with E-state index < -0.39 is 6.10 Å². The molecule has 112 valence electrons. The first-order chi connectivity index (χ1) is 9.30. The molecule has 2 nitrogen and oxygen atoms in total. The maximum atomic E-state index is 13.3. The van der Waals surface area contributed by atoms with Gasteiger partial charge in [0, 0.05) is 12.0 Å². The van der Waals surface area contributed by atoms with Crippen LogP contribution in [0.1, 0.15) is 51.2 Å². The summed E-state index contributed by atoms with van der Waals surface area (Å²) in [5.41, 5.74) is 6.76. The van der Waals surface area contributed by atoms with Crippen LogP contribution in [-0.4, -0.2) is 11.7 Å². The van der Waals surface area contributed by atoms with E-state index in [4.69, 9.17) is 5.73 Å². The van der Waals surface area contributed by atoms with Gasteiger partial charge in [0.15, 0.2) is 0 Å². The van der Waals surface area contributed by atoms with Gasteiger partial charge >= 0.3 is 0 Å². The van der Waals surface area contributed by atoms with Crippen molar-refractivity contribution < 1.29 is 9.50 Å². The molecule has 3 N–H and O–H groups in total. The molecule has 1 aliphatic rings. The number of aliphatic hydroxyl groups is 1. The third-order valence-corrected chi connectivity index (χ3v) is 5.45. The SMILES string of the molecule is CC1(C)CCC(CN)(C(O)c2ccc(F)c(Br)c2)CC1. The van der Waals surface area contributed by atoms with E-state index in [1.165, 1.54) is 6.07 Å². The molecule has 0 aliphatic heterocycles. The molecule has 0 spiro atoms. The van der Waals surface area contributed by atoms with Crippen LogP contribution in [0.2, 0.25) is 0 Å². The Hall–Kier alpha value is -0.450. The minimum absolute atomic E-state index is 0.285. The van der Waals surface area contributed by atoms with E-state index in [1.54, 1.807) is 12.1 Å². The van der Waals surface area contributed by atoms with Gasteiger partial charge in [0.25, 0.3) is 0 Å². The van der Waals surface area contributed by atoms with Crippen molar-refractivity contribution in [1.29, 1.82) is 0 Å². The predicted octanol–water partition coefficient (Wildman–Crippen LogP) is 4.17. The minimum atomic E-state index is -0.638. The van der Waals surface area contributed by atoms with Crippen molar-refractivity contribution >= 4 is 15.9 Å². The lowest BCUT2D eigenvalue weighted by Crippen LogP contribution is -2.41. The van der Waals surface area contributed by atoms with Crippen LogP contribution in [0.5, 0.6) is 0 Å². The molecule has 1 aliphatic carbocycles. The summed E-state index contributed by atoms with van der Waals surface area (Å²) in [5.74, 6) is -0.312. The topological polar surface area (TPSA) is 46.2 Å². The first-order valence-corrected chi connectivity index (χ1v) is 7.92. The molecule has 1 unspecified atom stereocenters. The summed E-state index contributed by atoms with van der Waals surface area (Å²) < 4.78 is 13.7. The Bertz CT molecular complexity index is 479. The molecular weight excluding hydrogens is 321 g/mol. The Labute approximate surface area is 128 Å². The maximum absolute atomic E-state index is 13.3. The van der Waals surface area contributed by atoms with Crippen molar-refractivity contribution in [2.75, 3.05) is 6.54 Å². The molecule has 0 saturated heterocycles. The Morgan fingerprint density at radius 3 is 2.40 bits per heavy atom. The molecule has 1 aromatic carbocycles. The van der Waals surface area contributed by atoms with Crippen molar-refractivity contribution in [1.82, 2.24) is 0 Å². The smallest absolute Gasteiger partial charge is 0.137 e. The van der Waals surface area contributed by atoms with Gasteiger partial charge in [-0.25, -0.2) is 4.39 Å². The first kappa shape index (κ1) is 15.9. The first-order valence-electron chi connectivity index (χ1n) is 7.13. The summed E-state index contributed by atoms with van der Waals surface area (Å²) in [5, 5.41) is 10.8. The average Bonchev–Trinajstić information content (AvgIpc) is 2.42. The van der Waals surface area contributed by atoms with Crippen LogP contribution in [-0.2, 0) is 0 Å². The van der Waals surface area contributed by atoms with Crippen molar-refractivity contribution in [2.45, 2.75) is 45.6 Å². The van der Waals surface area contributed by atoms with Crippen molar-refractivity contribution in [3.8, 4) is 0 Å². The Morgan fingerprint density at radius 1 is 1.30 bits per heavy atom. The van der Waals surface area contributed by atoms with Gasteiger partial charge in [-0.2, -0.15) is 0 Å². The van der Waals surface area contributed by atoms with Gasteiger partial charge in [0.05, 0.1) is 10.6 Å². The standard InChI is InChI=1S/C16H23BrFNO/c1-15(2)5-7-16(10-19,8-6-15)14(20)11-3-4-13(18)12(17)9-11/h3-4,9,14,20H,5-8,10,19H2,1-2H3. The van der Waals surface area contributed by atoms with Crippen molar-refractivity contribution in [3.63, 3.8) is 0 Å². The normalized spacial score (nSPS) is 22.5. The van der Waals surface area contributed by atoms with E-state index in [9.17, 15) is 9.50 Å². The van der Waals surface area contributed by atoms with E-state index in [0.29, 0.717) is 16.4 Å². The molecule has 0 amide bonds. The zero-order chi connectivity index (χ0) is 15.0. The van der Waals surface area contributed by atoms with E-state index in [2.05, 4.69) is 29.8 Å². The molecule has 1 atom stereocenters. The van der Waals surface area contributed by atoms with Gasteiger partial charge < -0.3 is 10.8 Å². The zero-order valence-corrected chi connectivity index (χ0v) is 13.7. The van der Waals surface area contributed by atoms with Gasteiger partial charge in [0.1, 0.15) is 5.82 Å². The highest BCUT2D eigenvalue weighted by molar-refractivity contribution is 9.10. The van der Waals surface area contributed by atoms with Crippen LogP contribution < -0.4 is 5.73 Å². The van der Waals surface area contributed by atoms with Crippen LogP contribution >= 0.6 is 15.9 Å². The number of halogens is 2. The number of hydrogen-bond donors (Lipinski definition) is 2. The van der Waals surface area contributed by atoms with Gasteiger partial charge in [0.2, 0.25) is 0 Å². The quantitative estimate of drug-likeness (QED) is 0.865. The highest BCUT2D eigenvalue weighted by atomic mass is 79.9. The van der Waals surface area contributed by atoms with Gasteiger partial charge in [-0.3, -0.25) is 0 Å². The fraction of sp³-hybridized carbons (Fsp3) is 0.625. The van der Waals surface area contributed by atoms with Crippen molar-refractivity contribution in [3.05, 3.63) is 34.1 Å². The molecule has 0 bridgehead atoms. The van der Waals surface area contributed by atoms with Gasteiger partial charge in [-0.1, -0.05) is 19.9 Å². The third-order valence-electron chi connectivity index (χ3n) is 4.85. The molecular formula is C16H23BrFNO. The zero-order valence-electron chi connectivity index (χ0n) is 12.1. The summed E-state index contributed by atoms with van der Waals surface area (Å²) in [6.07, 6.45) is 3.30. The highest BCUT2D eigenvalue weighted by Crippen LogP contribution is 2.50. The number of rotatable bonds is 3. The molecule has 1 fully saturated rings. The fourth-order valence-corrected chi connectivity index (χ4v) is 3.45. The molecule has 1 aromatic rings. The molecule has 20 heavy (non-hydrogen) atoms. The maximum Gasteiger partial charge on any atom is 0.137 e. The summed E-state index contributed by atoms with van der Waals surface area (Å²) in [6.45, 7) is 4.97.